The van der Waals surface area contributed by atoms with E-state index in [0.717, 1.165) is 22.2 Å². The monoisotopic (exact) mass is 380 g/mol. The minimum absolute atomic E-state index is 0.150. The third kappa shape index (κ3) is 4.05. The van der Waals surface area contributed by atoms with Gasteiger partial charge in [0.25, 0.3) is 0 Å². The highest BCUT2D eigenvalue weighted by molar-refractivity contribution is 7.92. The predicted octanol–water partition coefficient (Wildman–Crippen LogP) is 1.64. The second-order valence-corrected chi connectivity index (χ2v) is 7.59. The number of hydrogen-bond acceptors (Lipinski definition) is 5. The van der Waals surface area contributed by atoms with Crippen molar-refractivity contribution in [3.8, 4) is 11.5 Å². The summed E-state index contributed by atoms with van der Waals surface area (Å²) < 4.78 is 49.1. The number of sulfonamides is 1. The van der Waals surface area contributed by atoms with Crippen LogP contribution < -0.4 is 19.1 Å². The molecule has 0 spiro atoms. The quantitative estimate of drug-likeness (QED) is 0.824. The molecule has 0 atom stereocenters. The molecule has 3 rings (SSSR count). The standard InChI is InChI=1S/C17H17FN2O5S/c1-26(22,23)20(14-5-3-2-4-13(14)18)10-17(21)19-9-12-6-7-15-16(8-12)25-11-24-15/h2-8H,9-11H2,1H3,(H,19,21). The Bertz CT molecular complexity index is 933. The topological polar surface area (TPSA) is 84.9 Å². The number of amides is 1. The van der Waals surface area contributed by atoms with E-state index in [4.69, 9.17) is 9.47 Å². The molecule has 1 heterocycles. The number of para-hydroxylation sites is 1. The van der Waals surface area contributed by atoms with Gasteiger partial charge in [-0.2, -0.15) is 0 Å². The molecule has 0 saturated heterocycles. The maximum atomic E-state index is 13.9. The lowest BCUT2D eigenvalue weighted by Crippen LogP contribution is -2.40. The fourth-order valence-corrected chi connectivity index (χ4v) is 3.33. The van der Waals surface area contributed by atoms with Crippen LogP contribution in [-0.2, 0) is 21.4 Å². The minimum Gasteiger partial charge on any atom is -0.454 e. The van der Waals surface area contributed by atoms with Gasteiger partial charge in [0.05, 0.1) is 11.9 Å². The number of hydrogen-bond donors (Lipinski definition) is 1. The van der Waals surface area contributed by atoms with Crippen LogP contribution in [0, 0.1) is 5.82 Å². The fraction of sp³-hybridized carbons (Fsp3) is 0.235. The molecule has 1 amide bonds. The largest absolute Gasteiger partial charge is 0.454 e. The van der Waals surface area contributed by atoms with E-state index in [1.807, 2.05) is 0 Å². The number of benzene rings is 2. The molecular formula is C17H17FN2O5S. The highest BCUT2D eigenvalue weighted by Crippen LogP contribution is 2.32. The number of nitrogens with zero attached hydrogens (tertiary/aromatic N) is 1. The molecule has 0 fully saturated rings. The van der Waals surface area contributed by atoms with Gasteiger partial charge in [-0.1, -0.05) is 18.2 Å². The van der Waals surface area contributed by atoms with E-state index in [1.165, 1.54) is 18.2 Å². The zero-order valence-electron chi connectivity index (χ0n) is 13.9. The molecule has 1 aliphatic heterocycles. The number of anilines is 1. The van der Waals surface area contributed by atoms with Gasteiger partial charge in [0, 0.05) is 6.54 Å². The third-order valence-electron chi connectivity index (χ3n) is 3.74. The molecule has 26 heavy (non-hydrogen) atoms. The van der Waals surface area contributed by atoms with Crippen LogP contribution >= 0.6 is 0 Å². The summed E-state index contributed by atoms with van der Waals surface area (Å²) in [5, 5.41) is 2.62. The van der Waals surface area contributed by atoms with Crippen LogP contribution in [0.1, 0.15) is 5.56 Å². The summed E-state index contributed by atoms with van der Waals surface area (Å²) >= 11 is 0. The van der Waals surface area contributed by atoms with Crippen LogP contribution in [0.25, 0.3) is 0 Å². The first kappa shape index (κ1) is 18.0. The van der Waals surface area contributed by atoms with Gasteiger partial charge in [-0.3, -0.25) is 9.10 Å². The number of carbonyl (C=O) groups is 1. The Labute approximate surface area is 150 Å². The van der Waals surface area contributed by atoms with Crippen LogP contribution in [0.3, 0.4) is 0 Å². The van der Waals surface area contributed by atoms with E-state index in [1.54, 1.807) is 18.2 Å². The first-order valence-corrected chi connectivity index (χ1v) is 9.57. The molecule has 0 aromatic heterocycles. The Morgan fingerprint density at radius 3 is 2.65 bits per heavy atom. The summed E-state index contributed by atoms with van der Waals surface area (Å²) in [4.78, 5) is 12.2. The van der Waals surface area contributed by atoms with Gasteiger partial charge in [0.15, 0.2) is 11.5 Å². The van der Waals surface area contributed by atoms with Gasteiger partial charge in [-0.25, -0.2) is 12.8 Å². The molecule has 1 N–H and O–H groups in total. The second kappa shape index (κ2) is 7.20. The zero-order chi connectivity index (χ0) is 18.7. The smallest absolute Gasteiger partial charge is 0.241 e. The number of ether oxygens (including phenoxy) is 2. The van der Waals surface area contributed by atoms with Crippen molar-refractivity contribution >= 4 is 21.6 Å². The van der Waals surface area contributed by atoms with Crippen molar-refractivity contribution < 1.29 is 27.1 Å². The van der Waals surface area contributed by atoms with E-state index in [0.29, 0.717) is 11.5 Å². The Hall–Kier alpha value is -2.81. The summed E-state index contributed by atoms with van der Waals surface area (Å²) in [6.07, 6.45) is 0.921. The molecule has 0 radical (unpaired) electrons. The Morgan fingerprint density at radius 2 is 1.92 bits per heavy atom. The molecule has 138 valence electrons. The summed E-state index contributed by atoms with van der Waals surface area (Å²) in [6, 6.07) is 10.6. The third-order valence-corrected chi connectivity index (χ3v) is 4.86. The van der Waals surface area contributed by atoms with Crippen molar-refractivity contribution in [3.63, 3.8) is 0 Å². The number of rotatable bonds is 6. The van der Waals surface area contributed by atoms with Crippen molar-refractivity contribution in [1.29, 1.82) is 0 Å². The highest BCUT2D eigenvalue weighted by Gasteiger charge is 2.23. The maximum Gasteiger partial charge on any atom is 0.241 e. The molecule has 0 bridgehead atoms. The first-order chi connectivity index (χ1) is 12.3. The molecule has 1 aliphatic rings. The lowest BCUT2D eigenvalue weighted by Gasteiger charge is -2.22. The number of carbonyl (C=O) groups excluding carboxylic acids is 1. The number of fused-ring (bicyclic) bond motifs is 1. The van der Waals surface area contributed by atoms with Crippen LogP contribution in [0.5, 0.6) is 11.5 Å². The molecule has 0 aliphatic carbocycles. The number of nitrogens with one attached hydrogen (secondary N) is 1. The van der Waals surface area contributed by atoms with Gasteiger partial charge in [-0.05, 0) is 29.8 Å². The SMILES string of the molecule is CS(=O)(=O)N(CC(=O)NCc1ccc2c(c1)OCO2)c1ccccc1F. The average Bonchev–Trinajstić information content (AvgIpc) is 3.05. The van der Waals surface area contributed by atoms with Crippen LogP contribution in [0.2, 0.25) is 0 Å². The summed E-state index contributed by atoms with van der Waals surface area (Å²) in [6.45, 7) is -0.203. The van der Waals surface area contributed by atoms with E-state index in [9.17, 15) is 17.6 Å². The molecule has 9 heteroatoms. The highest BCUT2D eigenvalue weighted by atomic mass is 32.2. The van der Waals surface area contributed by atoms with Gasteiger partial charge in [0.1, 0.15) is 12.4 Å². The molecule has 0 saturated carbocycles. The number of halogens is 1. The summed E-state index contributed by atoms with van der Waals surface area (Å²) in [5.74, 6) is -0.0680. The molecule has 0 unspecified atom stereocenters. The van der Waals surface area contributed by atoms with Crippen molar-refractivity contribution in [1.82, 2.24) is 5.32 Å². The van der Waals surface area contributed by atoms with Crippen LogP contribution in [0.4, 0.5) is 10.1 Å². The molecule has 2 aromatic rings. The second-order valence-electron chi connectivity index (χ2n) is 5.69. The van der Waals surface area contributed by atoms with Crippen LogP contribution in [-0.4, -0.2) is 33.9 Å². The van der Waals surface area contributed by atoms with Crippen molar-refractivity contribution in [2.45, 2.75) is 6.54 Å². The molecule has 7 nitrogen and oxygen atoms in total. The summed E-state index contributed by atoms with van der Waals surface area (Å²) in [7, 11) is -3.83. The Kier molecular flexibility index (Phi) is 4.99. The van der Waals surface area contributed by atoms with Crippen molar-refractivity contribution in [2.24, 2.45) is 0 Å². The molecule has 2 aromatic carbocycles. The zero-order valence-corrected chi connectivity index (χ0v) is 14.8. The van der Waals surface area contributed by atoms with Gasteiger partial charge in [0.2, 0.25) is 22.7 Å². The van der Waals surface area contributed by atoms with Crippen molar-refractivity contribution in [3.05, 3.63) is 53.8 Å². The first-order valence-electron chi connectivity index (χ1n) is 7.72. The average molecular weight is 380 g/mol. The van der Waals surface area contributed by atoms with Crippen LogP contribution in [0.15, 0.2) is 42.5 Å². The molecular weight excluding hydrogens is 363 g/mol. The van der Waals surface area contributed by atoms with Gasteiger partial charge < -0.3 is 14.8 Å². The van der Waals surface area contributed by atoms with E-state index in [-0.39, 0.29) is 19.0 Å². The predicted molar refractivity (Wildman–Crippen MR) is 93.0 cm³/mol. The lowest BCUT2D eigenvalue weighted by molar-refractivity contribution is -0.119. The normalized spacial score (nSPS) is 12.7. The fourth-order valence-electron chi connectivity index (χ4n) is 2.47. The van der Waals surface area contributed by atoms with E-state index >= 15 is 0 Å². The van der Waals surface area contributed by atoms with E-state index in [2.05, 4.69) is 5.32 Å². The Balaban J connectivity index is 1.68. The lowest BCUT2D eigenvalue weighted by atomic mass is 10.2. The maximum absolute atomic E-state index is 13.9. The van der Waals surface area contributed by atoms with Crippen molar-refractivity contribution in [2.75, 3.05) is 23.9 Å². The Morgan fingerprint density at radius 1 is 1.19 bits per heavy atom. The minimum atomic E-state index is -3.83. The van der Waals surface area contributed by atoms with E-state index < -0.39 is 28.3 Å². The van der Waals surface area contributed by atoms with Gasteiger partial charge >= 0.3 is 0 Å². The summed E-state index contributed by atoms with van der Waals surface area (Å²) in [5.41, 5.74) is 0.590. The van der Waals surface area contributed by atoms with Gasteiger partial charge in [-0.15, -0.1) is 0 Å².